The zero-order chi connectivity index (χ0) is 20.1. The van der Waals surface area contributed by atoms with Crippen LogP contribution in [0.4, 0.5) is 0 Å². The Morgan fingerprint density at radius 3 is 2.29 bits per heavy atom. The molecule has 2 aliphatic heterocycles. The highest BCUT2D eigenvalue weighted by atomic mass is 16.3. The summed E-state index contributed by atoms with van der Waals surface area (Å²) in [6.45, 7) is 9.98. The number of aliphatic hydroxyl groups excluding tert-OH is 1. The summed E-state index contributed by atoms with van der Waals surface area (Å²) in [6, 6.07) is 14.5. The molecule has 2 aromatic rings. The number of fused-ring (bicyclic) bond motifs is 2. The first kappa shape index (κ1) is 18.2. The molecule has 2 aromatic carbocycles. The standard InChI is InChI=1S/C23H24N4O/c1-14-6-9-16(10-7-14)27-18-12-15(2)8-11-17(18)24-21-22(27)26-20(25-21)13-19(28)23(3,4)5/h6-13,28H,1-5H3/b19-13-. The summed E-state index contributed by atoms with van der Waals surface area (Å²) in [5.41, 5.74) is 4.82. The highest BCUT2D eigenvalue weighted by molar-refractivity contribution is 5.82. The van der Waals surface area contributed by atoms with Gasteiger partial charge in [-0.25, -0.2) is 15.0 Å². The molecule has 0 amide bonds. The molecule has 0 saturated heterocycles. The number of allylic oxidation sites excluding steroid dienone is 1. The van der Waals surface area contributed by atoms with Gasteiger partial charge in [-0.3, -0.25) is 4.57 Å². The number of aliphatic hydroxyl groups is 1. The van der Waals surface area contributed by atoms with Crippen molar-refractivity contribution in [3.05, 3.63) is 65.2 Å². The van der Waals surface area contributed by atoms with Gasteiger partial charge in [0.25, 0.3) is 0 Å². The van der Waals surface area contributed by atoms with Crippen LogP contribution in [0.5, 0.6) is 0 Å². The first-order valence-corrected chi connectivity index (χ1v) is 9.37. The Morgan fingerprint density at radius 2 is 1.61 bits per heavy atom. The molecule has 28 heavy (non-hydrogen) atoms. The third-order valence-corrected chi connectivity index (χ3v) is 4.78. The number of nitrogens with zero attached hydrogens (tertiary/aromatic N) is 4. The Morgan fingerprint density at radius 1 is 0.929 bits per heavy atom. The van der Waals surface area contributed by atoms with E-state index >= 15 is 0 Å². The molecule has 0 saturated carbocycles. The van der Waals surface area contributed by atoms with E-state index in [2.05, 4.69) is 53.7 Å². The molecule has 2 aliphatic rings. The van der Waals surface area contributed by atoms with Crippen LogP contribution in [-0.2, 0) is 0 Å². The topological polar surface area (TPSA) is 63.8 Å². The third kappa shape index (κ3) is 3.24. The SMILES string of the molecule is Cc1ccc(-n2c3nc(/C=C(\O)C(C)(C)C)nc-3nc3ccc(C)cc32)cc1. The normalized spacial score (nSPS) is 12.8. The molecule has 0 spiro atoms. The molecule has 0 fully saturated rings. The number of rotatable bonds is 2. The second-order valence-electron chi connectivity index (χ2n) is 8.28. The van der Waals surface area contributed by atoms with Crippen LogP contribution in [0.25, 0.3) is 34.4 Å². The quantitative estimate of drug-likeness (QED) is 0.473. The summed E-state index contributed by atoms with van der Waals surface area (Å²) >= 11 is 0. The second-order valence-corrected chi connectivity index (χ2v) is 8.28. The Hall–Kier alpha value is -3.21. The maximum atomic E-state index is 10.4. The average molecular weight is 372 g/mol. The second kappa shape index (κ2) is 6.44. The molecule has 1 N–H and O–H groups in total. The number of hydrogen-bond acceptors (Lipinski definition) is 4. The first-order chi connectivity index (χ1) is 13.2. The van der Waals surface area contributed by atoms with Gasteiger partial charge in [0, 0.05) is 17.2 Å². The van der Waals surface area contributed by atoms with Gasteiger partial charge in [-0.1, -0.05) is 44.5 Å². The van der Waals surface area contributed by atoms with Crippen molar-refractivity contribution in [1.29, 1.82) is 0 Å². The number of hydrogen-bond donors (Lipinski definition) is 1. The predicted octanol–water partition coefficient (Wildman–Crippen LogP) is 5.48. The van der Waals surface area contributed by atoms with Gasteiger partial charge < -0.3 is 5.11 Å². The summed E-state index contributed by atoms with van der Waals surface area (Å²) in [5.74, 6) is 1.94. The molecular formula is C23H24N4O. The molecule has 5 heteroatoms. The maximum Gasteiger partial charge on any atom is 0.199 e. The van der Waals surface area contributed by atoms with Gasteiger partial charge in [-0.05, 0) is 43.7 Å². The fourth-order valence-corrected chi connectivity index (χ4v) is 3.06. The summed E-state index contributed by atoms with van der Waals surface area (Å²) in [4.78, 5) is 14.0. The van der Waals surface area contributed by atoms with E-state index in [4.69, 9.17) is 9.97 Å². The van der Waals surface area contributed by atoms with Gasteiger partial charge in [-0.2, -0.15) is 0 Å². The van der Waals surface area contributed by atoms with Crippen LogP contribution in [0.3, 0.4) is 0 Å². The Labute approximate surface area is 164 Å². The van der Waals surface area contributed by atoms with E-state index < -0.39 is 0 Å². The van der Waals surface area contributed by atoms with Crippen molar-refractivity contribution in [2.45, 2.75) is 34.6 Å². The lowest BCUT2D eigenvalue weighted by Crippen LogP contribution is -2.08. The fourth-order valence-electron chi connectivity index (χ4n) is 3.06. The maximum absolute atomic E-state index is 10.4. The lowest BCUT2D eigenvalue weighted by atomic mass is 9.94. The molecule has 0 radical (unpaired) electrons. The average Bonchev–Trinajstić information content (AvgIpc) is 3.02. The van der Waals surface area contributed by atoms with Gasteiger partial charge in [0.1, 0.15) is 5.76 Å². The molecule has 142 valence electrons. The minimum Gasteiger partial charge on any atom is -0.512 e. The summed E-state index contributed by atoms with van der Waals surface area (Å²) in [7, 11) is 0. The van der Waals surface area contributed by atoms with Crippen LogP contribution in [-0.4, -0.2) is 24.6 Å². The van der Waals surface area contributed by atoms with Crippen molar-refractivity contribution in [3.8, 4) is 17.3 Å². The zero-order valence-corrected chi connectivity index (χ0v) is 16.9. The van der Waals surface area contributed by atoms with E-state index in [1.54, 1.807) is 6.08 Å². The Balaban J connectivity index is 2.02. The van der Waals surface area contributed by atoms with Crippen LogP contribution in [0.1, 0.15) is 37.7 Å². The summed E-state index contributed by atoms with van der Waals surface area (Å²) in [5, 5.41) is 10.4. The molecule has 5 nitrogen and oxygen atoms in total. The van der Waals surface area contributed by atoms with E-state index in [9.17, 15) is 5.11 Å². The lowest BCUT2D eigenvalue weighted by Gasteiger charge is -2.16. The van der Waals surface area contributed by atoms with E-state index in [0.29, 0.717) is 17.5 Å². The van der Waals surface area contributed by atoms with Crippen LogP contribution >= 0.6 is 0 Å². The van der Waals surface area contributed by atoms with Gasteiger partial charge in [0.2, 0.25) is 0 Å². The molecule has 2 heterocycles. The van der Waals surface area contributed by atoms with Crippen molar-refractivity contribution in [2.75, 3.05) is 0 Å². The van der Waals surface area contributed by atoms with E-state index in [0.717, 1.165) is 22.3 Å². The zero-order valence-electron chi connectivity index (χ0n) is 16.9. The van der Waals surface area contributed by atoms with E-state index in [-0.39, 0.29) is 11.2 Å². The van der Waals surface area contributed by atoms with Crippen LogP contribution in [0, 0.1) is 19.3 Å². The fraction of sp³-hybridized carbons (Fsp3) is 0.261. The van der Waals surface area contributed by atoms with Crippen molar-refractivity contribution >= 4 is 17.1 Å². The third-order valence-electron chi connectivity index (χ3n) is 4.78. The molecule has 0 bridgehead atoms. The van der Waals surface area contributed by atoms with Crippen LogP contribution < -0.4 is 0 Å². The Bertz CT molecular complexity index is 1160. The van der Waals surface area contributed by atoms with Gasteiger partial charge in [0.05, 0.1) is 11.0 Å². The predicted molar refractivity (Wildman–Crippen MR) is 113 cm³/mol. The van der Waals surface area contributed by atoms with Crippen molar-refractivity contribution in [2.24, 2.45) is 5.41 Å². The lowest BCUT2D eigenvalue weighted by molar-refractivity contribution is 0.282. The molecule has 4 rings (SSSR count). The van der Waals surface area contributed by atoms with E-state index in [1.165, 1.54) is 5.56 Å². The Kier molecular flexibility index (Phi) is 4.18. The number of benzene rings is 2. The highest BCUT2D eigenvalue weighted by Crippen LogP contribution is 2.30. The molecular weight excluding hydrogens is 348 g/mol. The minimum absolute atomic E-state index is 0.241. The smallest absolute Gasteiger partial charge is 0.199 e. The highest BCUT2D eigenvalue weighted by Gasteiger charge is 2.22. The van der Waals surface area contributed by atoms with Crippen molar-refractivity contribution in [3.63, 3.8) is 0 Å². The molecule has 0 aliphatic carbocycles. The van der Waals surface area contributed by atoms with Gasteiger partial charge >= 0.3 is 0 Å². The van der Waals surface area contributed by atoms with E-state index in [1.807, 2.05) is 32.9 Å². The number of aromatic nitrogens is 4. The summed E-state index contributed by atoms with van der Waals surface area (Å²) in [6.07, 6.45) is 1.62. The first-order valence-electron chi connectivity index (χ1n) is 9.37. The minimum atomic E-state index is -0.366. The molecule has 0 unspecified atom stereocenters. The van der Waals surface area contributed by atoms with Crippen molar-refractivity contribution in [1.82, 2.24) is 19.5 Å². The molecule has 0 atom stereocenters. The summed E-state index contributed by atoms with van der Waals surface area (Å²) < 4.78 is 2.09. The van der Waals surface area contributed by atoms with Gasteiger partial charge in [0.15, 0.2) is 17.5 Å². The number of imidazole rings is 1. The van der Waals surface area contributed by atoms with Crippen molar-refractivity contribution < 1.29 is 5.11 Å². The largest absolute Gasteiger partial charge is 0.512 e. The molecule has 0 aromatic heterocycles. The van der Waals surface area contributed by atoms with Crippen LogP contribution in [0.2, 0.25) is 0 Å². The van der Waals surface area contributed by atoms with Gasteiger partial charge in [-0.15, -0.1) is 0 Å². The van der Waals surface area contributed by atoms with Crippen LogP contribution in [0.15, 0.2) is 48.2 Å². The monoisotopic (exact) mass is 372 g/mol. The number of aryl methyl sites for hydroxylation is 2.